The second-order valence-electron chi connectivity index (χ2n) is 4.54. The summed E-state index contributed by atoms with van der Waals surface area (Å²) in [5.74, 6) is -0.561. The largest absolute Gasteiger partial charge is 0.334 e. The highest BCUT2D eigenvalue weighted by Gasteiger charge is 2.25. The van der Waals surface area contributed by atoms with Gasteiger partial charge in [-0.15, -0.1) is 0 Å². The molecule has 1 aromatic rings. The SMILES string of the molecule is CC1CN(C(=O)c2ccc(F)cn2)CC(C)N1. The predicted octanol–water partition coefficient (Wildman–Crippen LogP) is 1.04. The fourth-order valence-corrected chi connectivity index (χ4v) is 2.16. The fraction of sp³-hybridized carbons (Fsp3) is 0.500. The molecule has 5 heteroatoms. The summed E-state index contributed by atoms with van der Waals surface area (Å²) in [6.07, 6.45) is 1.07. The Kier molecular flexibility index (Phi) is 3.38. The van der Waals surface area contributed by atoms with Crippen molar-refractivity contribution in [3.05, 3.63) is 29.8 Å². The summed E-state index contributed by atoms with van der Waals surface area (Å²) < 4.78 is 12.7. The van der Waals surface area contributed by atoms with Crippen LogP contribution in [0.1, 0.15) is 24.3 Å². The molecule has 0 radical (unpaired) electrons. The molecule has 0 aromatic carbocycles. The Hall–Kier alpha value is -1.49. The highest BCUT2D eigenvalue weighted by Crippen LogP contribution is 2.09. The highest BCUT2D eigenvalue weighted by molar-refractivity contribution is 5.92. The van der Waals surface area contributed by atoms with Crippen molar-refractivity contribution in [2.24, 2.45) is 0 Å². The monoisotopic (exact) mass is 237 g/mol. The number of hydrogen-bond acceptors (Lipinski definition) is 3. The van der Waals surface area contributed by atoms with Crippen molar-refractivity contribution >= 4 is 5.91 Å². The van der Waals surface area contributed by atoms with Crippen LogP contribution in [0.15, 0.2) is 18.3 Å². The van der Waals surface area contributed by atoms with Gasteiger partial charge in [0, 0.05) is 25.2 Å². The third-order valence-electron chi connectivity index (χ3n) is 2.79. The molecule has 1 N–H and O–H groups in total. The first-order valence-electron chi connectivity index (χ1n) is 5.73. The van der Waals surface area contributed by atoms with Gasteiger partial charge in [0.15, 0.2) is 0 Å². The van der Waals surface area contributed by atoms with Gasteiger partial charge in [0.1, 0.15) is 11.5 Å². The van der Waals surface area contributed by atoms with Crippen molar-refractivity contribution in [2.45, 2.75) is 25.9 Å². The number of hydrogen-bond donors (Lipinski definition) is 1. The van der Waals surface area contributed by atoms with E-state index in [-0.39, 0.29) is 18.0 Å². The summed E-state index contributed by atoms with van der Waals surface area (Å²) in [5, 5.41) is 3.35. The molecule has 17 heavy (non-hydrogen) atoms. The molecule has 1 amide bonds. The Bertz CT molecular complexity index is 397. The number of piperazine rings is 1. The molecule has 1 aromatic heterocycles. The first kappa shape index (κ1) is 12.0. The summed E-state index contributed by atoms with van der Waals surface area (Å²) in [4.78, 5) is 17.7. The second-order valence-corrected chi connectivity index (χ2v) is 4.54. The van der Waals surface area contributed by atoms with Crippen LogP contribution in [0.5, 0.6) is 0 Å². The van der Waals surface area contributed by atoms with Crippen molar-refractivity contribution in [3.8, 4) is 0 Å². The van der Waals surface area contributed by atoms with Crippen molar-refractivity contribution < 1.29 is 9.18 Å². The zero-order valence-electron chi connectivity index (χ0n) is 9.98. The van der Waals surface area contributed by atoms with Crippen LogP contribution in [0.25, 0.3) is 0 Å². The molecule has 4 nitrogen and oxygen atoms in total. The molecule has 0 saturated carbocycles. The van der Waals surface area contributed by atoms with Crippen molar-refractivity contribution in [1.29, 1.82) is 0 Å². The zero-order valence-corrected chi connectivity index (χ0v) is 9.98. The third-order valence-corrected chi connectivity index (χ3v) is 2.79. The van der Waals surface area contributed by atoms with E-state index >= 15 is 0 Å². The first-order valence-corrected chi connectivity index (χ1v) is 5.73. The molecule has 0 aliphatic carbocycles. The summed E-state index contributed by atoms with van der Waals surface area (Å²) in [6.45, 7) is 5.38. The number of nitrogens with one attached hydrogen (secondary N) is 1. The number of amides is 1. The van der Waals surface area contributed by atoms with Gasteiger partial charge in [-0.25, -0.2) is 9.37 Å². The Morgan fingerprint density at radius 1 is 1.41 bits per heavy atom. The lowest BCUT2D eigenvalue weighted by molar-refractivity contribution is 0.0667. The van der Waals surface area contributed by atoms with Crippen LogP contribution < -0.4 is 5.32 Å². The fourth-order valence-electron chi connectivity index (χ4n) is 2.16. The van der Waals surface area contributed by atoms with Crippen LogP contribution in [-0.4, -0.2) is 41.0 Å². The average molecular weight is 237 g/mol. The average Bonchev–Trinajstić information content (AvgIpc) is 2.28. The molecule has 1 saturated heterocycles. The van der Waals surface area contributed by atoms with Crippen molar-refractivity contribution in [1.82, 2.24) is 15.2 Å². The molecule has 1 aliphatic rings. The lowest BCUT2D eigenvalue weighted by Crippen LogP contribution is -2.55. The van der Waals surface area contributed by atoms with Gasteiger partial charge in [0.2, 0.25) is 0 Å². The summed E-state index contributed by atoms with van der Waals surface area (Å²) in [6, 6.07) is 3.22. The normalized spacial score (nSPS) is 24.8. The maximum absolute atomic E-state index is 12.7. The quantitative estimate of drug-likeness (QED) is 0.794. The molecule has 0 bridgehead atoms. The van der Waals surface area contributed by atoms with Gasteiger partial charge in [-0.2, -0.15) is 0 Å². The molecule has 1 aliphatic heterocycles. The van der Waals surface area contributed by atoms with E-state index in [4.69, 9.17) is 0 Å². The molecular formula is C12H16FN3O. The minimum absolute atomic E-state index is 0.134. The smallest absolute Gasteiger partial charge is 0.272 e. The number of pyridine rings is 1. The van der Waals surface area contributed by atoms with Crippen LogP contribution in [0, 0.1) is 5.82 Å². The number of nitrogens with zero attached hydrogens (tertiary/aromatic N) is 2. The number of carbonyl (C=O) groups excluding carboxylic acids is 1. The predicted molar refractivity (Wildman–Crippen MR) is 62.2 cm³/mol. The van der Waals surface area contributed by atoms with E-state index in [0.717, 1.165) is 6.20 Å². The van der Waals surface area contributed by atoms with E-state index in [0.29, 0.717) is 18.8 Å². The molecule has 92 valence electrons. The molecular weight excluding hydrogens is 221 g/mol. The van der Waals surface area contributed by atoms with E-state index in [2.05, 4.69) is 10.3 Å². The van der Waals surface area contributed by atoms with Crippen molar-refractivity contribution in [2.75, 3.05) is 13.1 Å². The molecule has 2 heterocycles. The number of carbonyl (C=O) groups is 1. The highest BCUT2D eigenvalue weighted by atomic mass is 19.1. The van der Waals surface area contributed by atoms with E-state index in [1.807, 2.05) is 13.8 Å². The minimum atomic E-state index is -0.427. The van der Waals surface area contributed by atoms with Crippen LogP contribution in [0.4, 0.5) is 4.39 Å². The van der Waals surface area contributed by atoms with Gasteiger partial charge in [0.25, 0.3) is 5.91 Å². The maximum atomic E-state index is 12.7. The van der Waals surface area contributed by atoms with E-state index < -0.39 is 5.82 Å². The van der Waals surface area contributed by atoms with Gasteiger partial charge in [-0.05, 0) is 26.0 Å². The number of halogens is 1. The van der Waals surface area contributed by atoms with Gasteiger partial charge in [-0.1, -0.05) is 0 Å². The Labute approximate surface area is 99.8 Å². The molecule has 2 unspecified atom stereocenters. The van der Waals surface area contributed by atoms with Crippen LogP contribution in [-0.2, 0) is 0 Å². The van der Waals surface area contributed by atoms with E-state index in [1.54, 1.807) is 4.90 Å². The van der Waals surface area contributed by atoms with E-state index in [9.17, 15) is 9.18 Å². The Balaban J connectivity index is 2.11. The topological polar surface area (TPSA) is 45.2 Å². The minimum Gasteiger partial charge on any atom is -0.334 e. The third kappa shape index (κ3) is 2.79. The van der Waals surface area contributed by atoms with Crippen LogP contribution >= 0.6 is 0 Å². The van der Waals surface area contributed by atoms with Gasteiger partial charge < -0.3 is 10.2 Å². The standard InChI is InChI=1S/C12H16FN3O/c1-8-6-16(7-9(2)15-8)12(17)11-4-3-10(13)5-14-11/h3-5,8-9,15H,6-7H2,1-2H3. The van der Waals surface area contributed by atoms with E-state index in [1.165, 1.54) is 12.1 Å². The van der Waals surface area contributed by atoms with Crippen LogP contribution in [0.3, 0.4) is 0 Å². The summed E-state index contributed by atoms with van der Waals surface area (Å²) >= 11 is 0. The maximum Gasteiger partial charge on any atom is 0.272 e. The van der Waals surface area contributed by atoms with Gasteiger partial charge >= 0.3 is 0 Å². The second kappa shape index (κ2) is 4.79. The summed E-state index contributed by atoms with van der Waals surface area (Å²) in [5.41, 5.74) is 0.299. The van der Waals surface area contributed by atoms with Gasteiger partial charge in [-0.3, -0.25) is 4.79 Å². The molecule has 1 fully saturated rings. The molecule has 0 spiro atoms. The Morgan fingerprint density at radius 2 is 2.06 bits per heavy atom. The summed E-state index contributed by atoms with van der Waals surface area (Å²) in [7, 11) is 0. The molecule has 2 rings (SSSR count). The van der Waals surface area contributed by atoms with Crippen molar-refractivity contribution in [3.63, 3.8) is 0 Å². The number of rotatable bonds is 1. The molecule has 2 atom stereocenters. The Morgan fingerprint density at radius 3 is 2.59 bits per heavy atom. The van der Waals surface area contributed by atoms with Gasteiger partial charge in [0.05, 0.1) is 6.20 Å². The van der Waals surface area contributed by atoms with Crippen LogP contribution in [0.2, 0.25) is 0 Å². The lowest BCUT2D eigenvalue weighted by atomic mass is 10.1. The zero-order chi connectivity index (χ0) is 12.4. The number of aromatic nitrogens is 1. The first-order chi connectivity index (χ1) is 8.06. The lowest BCUT2D eigenvalue weighted by Gasteiger charge is -2.35.